The van der Waals surface area contributed by atoms with Crippen molar-refractivity contribution in [3.63, 3.8) is 0 Å². The van der Waals surface area contributed by atoms with E-state index in [0.717, 1.165) is 0 Å². The van der Waals surface area contributed by atoms with Gasteiger partial charge in [0, 0.05) is 13.6 Å². The van der Waals surface area contributed by atoms with E-state index in [1.807, 2.05) is 6.92 Å². The Hall–Kier alpha value is -1.46. The number of hydrogen-bond acceptors (Lipinski definition) is 2. The smallest absolute Gasteiger partial charge is 0.185 e. The van der Waals surface area contributed by atoms with Crippen molar-refractivity contribution < 1.29 is 0 Å². The predicted octanol–water partition coefficient (Wildman–Crippen LogP) is -1.83. The van der Waals surface area contributed by atoms with Crippen molar-refractivity contribution >= 4 is 11.9 Å². The van der Waals surface area contributed by atoms with Crippen LogP contribution >= 0.6 is 0 Å². The van der Waals surface area contributed by atoms with Gasteiger partial charge in [0.15, 0.2) is 11.9 Å². The Kier molecular flexibility index (Phi) is 9.50. The molecule has 0 aliphatic heterocycles. The fourth-order valence-electron chi connectivity index (χ4n) is 0.183. The Bertz CT molecular complexity index is 130. The first-order chi connectivity index (χ1) is 5.04. The largest absolute Gasteiger partial charge is 0.370 e. The van der Waals surface area contributed by atoms with Gasteiger partial charge in [0.1, 0.15) is 0 Å². The third kappa shape index (κ3) is 29.1. The lowest BCUT2D eigenvalue weighted by atomic mass is 10.8. The second-order valence-electron chi connectivity index (χ2n) is 1.55. The fraction of sp³-hybridized carbons (Fsp3) is 0.600. The van der Waals surface area contributed by atoms with Crippen LogP contribution < -0.4 is 22.9 Å². The van der Waals surface area contributed by atoms with Crippen LogP contribution in [0.5, 0.6) is 0 Å². The van der Waals surface area contributed by atoms with Gasteiger partial charge < -0.3 is 22.9 Å². The lowest BCUT2D eigenvalue weighted by molar-refractivity contribution is 1.11. The standard InChI is InChI=1S/C3H9N3.C2H7N3/c1-2-6-3(4)5;1-5-2(3)4/h2H2,1H3,(H4,4,5,6);1H3,(H4,3,4,5). The molecule has 0 unspecified atom stereocenters. The maximum Gasteiger partial charge on any atom is 0.185 e. The van der Waals surface area contributed by atoms with Gasteiger partial charge in [-0.15, -0.1) is 0 Å². The Labute approximate surface area is 66.4 Å². The van der Waals surface area contributed by atoms with Crippen LogP contribution in [0.3, 0.4) is 0 Å². The van der Waals surface area contributed by atoms with Crippen LogP contribution in [-0.4, -0.2) is 25.5 Å². The molecule has 0 aromatic heterocycles. The molecule has 0 amide bonds. The molecular formula is C5H16N6. The zero-order valence-electron chi connectivity index (χ0n) is 6.91. The Morgan fingerprint density at radius 3 is 1.45 bits per heavy atom. The molecule has 6 heteroatoms. The predicted molar refractivity (Wildman–Crippen MR) is 48.1 cm³/mol. The van der Waals surface area contributed by atoms with Crippen LogP contribution in [-0.2, 0) is 0 Å². The molecule has 0 fully saturated rings. The molecule has 0 aliphatic carbocycles. The second-order valence-corrected chi connectivity index (χ2v) is 1.55. The molecule has 66 valence electrons. The number of nitrogens with two attached hydrogens (primary N) is 4. The highest BCUT2D eigenvalue weighted by molar-refractivity contribution is 5.75. The van der Waals surface area contributed by atoms with Crippen LogP contribution in [0.4, 0.5) is 0 Å². The van der Waals surface area contributed by atoms with E-state index in [1.54, 1.807) is 0 Å². The summed E-state index contributed by atoms with van der Waals surface area (Å²) in [6, 6.07) is 0. The van der Waals surface area contributed by atoms with Crippen molar-refractivity contribution in [2.24, 2.45) is 32.9 Å². The third-order valence-corrected chi connectivity index (χ3v) is 0.599. The van der Waals surface area contributed by atoms with Gasteiger partial charge in [0.05, 0.1) is 0 Å². The summed E-state index contributed by atoms with van der Waals surface area (Å²) in [5, 5.41) is 0. The van der Waals surface area contributed by atoms with Gasteiger partial charge in [0.25, 0.3) is 0 Å². The normalized spacial score (nSPS) is 7.09. The molecule has 0 aliphatic rings. The monoisotopic (exact) mass is 160 g/mol. The minimum atomic E-state index is 0.130. The van der Waals surface area contributed by atoms with E-state index in [9.17, 15) is 0 Å². The highest BCUT2D eigenvalue weighted by atomic mass is 15.0. The Morgan fingerprint density at radius 1 is 1.09 bits per heavy atom. The SMILES string of the molecule is CCN=C(N)N.CN=C(N)N. The summed E-state index contributed by atoms with van der Waals surface area (Å²) >= 11 is 0. The van der Waals surface area contributed by atoms with E-state index in [-0.39, 0.29) is 11.9 Å². The fourth-order valence-corrected chi connectivity index (χ4v) is 0.183. The summed E-state index contributed by atoms with van der Waals surface area (Å²) in [6.07, 6.45) is 0. The van der Waals surface area contributed by atoms with E-state index in [0.29, 0.717) is 6.54 Å². The molecule has 0 saturated carbocycles. The van der Waals surface area contributed by atoms with E-state index in [1.165, 1.54) is 7.05 Å². The van der Waals surface area contributed by atoms with Gasteiger partial charge >= 0.3 is 0 Å². The topological polar surface area (TPSA) is 129 Å². The minimum Gasteiger partial charge on any atom is -0.370 e. The van der Waals surface area contributed by atoms with Crippen LogP contribution in [0, 0.1) is 0 Å². The van der Waals surface area contributed by atoms with E-state index < -0.39 is 0 Å². The highest BCUT2D eigenvalue weighted by Gasteiger charge is 1.68. The molecule has 0 atom stereocenters. The average Bonchev–Trinajstić information content (AvgIpc) is 1.89. The van der Waals surface area contributed by atoms with Crippen molar-refractivity contribution in [2.45, 2.75) is 6.92 Å². The number of nitrogens with zero attached hydrogens (tertiary/aromatic N) is 2. The molecule has 11 heavy (non-hydrogen) atoms. The van der Waals surface area contributed by atoms with Crippen LogP contribution in [0.2, 0.25) is 0 Å². The molecule has 0 aromatic rings. The van der Waals surface area contributed by atoms with Crippen molar-refractivity contribution in [1.82, 2.24) is 0 Å². The second kappa shape index (κ2) is 8.54. The summed E-state index contributed by atoms with van der Waals surface area (Å²) in [4.78, 5) is 6.96. The van der Waals surface area contributed by atoms with Gasteiger partial charge in [-0.2, -0.15) is 0 Å². The molecule has 0 aromatic carbocycles. The third-order valence-electron chi connectivity index (χ3n) is 0.599. The molecular weight excluding hydrogens is 144 g/mol. The number of hydrogen-bond donors (Lipinski definition) is 4. The van der Waals surface area contributed by atoms with Crippen molar-refractivity contribution in [3.8, 4) is 0 Å². The summed E-state index contributed by atoms with van der Waals surface area (Å²) in [5.74, 6) is 0.294. The molecule has 8 N–H and O–H groups in total. The summed E-state index contributed by atoms with van der Waals surface area (Å²) < 4.78 is 0. The molecule has 0 spiro atoms. The van der Waals surface area contributed by atoms with E-state index in [2.05, 4.69) is 9.98 Å². The van der Waals surface area contributed by atoms with Crippen LogP contribution in [0.15, 0.2) is 9.98 Å². The van der Waals surface area contributed by atoms with Gasteiger partial charge in [-0.05, 0) is 6.92 Å². The summed E-state index contributed by atoms with van der Waals surface area (Å²) in [5.41, 5.74) is 19.5. The Morgan fingerprint density at radius 2 is 1.45 bits per heavy atom. The highest BCUT2D eigenvalue weighted by Crippen LogP contribution is 1.58. The van der Waals surface area contributed by atoms with Crippen LogP contribution in [0.1, 0.15) is 6.92 Å². The number of guanidine groups is 2. The molecule has 0 rings (SSSR count). The zero-order valence-corrected chi connectivity index (χ0v) is 6.91. The summed E-state index contributed by atoms with van der Waals surface area (Å²) in [6.45, 7) is 2.54. The molecule has 0 heterocycles. The van der Waals surface area contributed by atoms with Crippen molar-refractivity contribution in [2.75, 3.05) is 13.6 Å². The lowest BCUT2D eigenvalue weighted by Crippen LogP contribution is -2.22. The first-order valence-corrected chi connectivity index (χ1v) is 3.07. The van der Waals surface area contributed by atoms with Crippen molar-refractivity contribution in [1.29, 1.82) is 0 Å². The van der Waals surface area contributed by atoms with Gasteiger partial charge in [-0.1, -0.05) is 0 Å². The van der Waals surface area contributed by atoms with Gasteiger partial charge in [0.2, 0.25) is 0 Å². The molecule has 0 saturated heterocycles. The first kappa shape index (κ1) is 12.2. The lowest BCUT2D eigenvalue weighted by Gasteiger charge is -1.82. The maximum atomic E-state index is 4.93. The van der Waals surface area contributed by atoms with E-state index in [4.69, 9.17) is 22.9 Å². The van der Waals surface area contributed by atoms with Crippen LogP contribution in [0.25, 0.3) is 0 Å². The van der Waals surface area contributed by atoms with Gasteiger partial charge in [-0.25, -0.2) is 0 Å². The quantitative estimate of drug-likeness (QED) is 0.265. The number of rotatable bonds is 1. The number of aliphatic imine (C=N–C) groups is 2. The molecule has 0 radical (unpaired) electrons. The summed E-state index contributed by atoms with van der Waals surface area (Å²) in [7, 11) is 1.54. The molecule has 0 bridgehead atoms. The molecule has 6 nitrogen and oxygen atoms in total. The van der Waals surface area contributed by atoms with Gasteiger partial charge in [-0.3, -0.25) is 9.98 Å². The first-order valence-electron chi connectivity index (χ1n) is 3.07. The zero-order chi connectivity index (χ0) is 9.28. The Balaban J connectivity index is 0. The minimum absolute atomic E-state index is 0.130. The van der Waals surface area contributed by atoms with Crippen molar-refractivity contribution in [3.05, 3.63) is 0 Å². The van der Waals surface area contributed by atoms with E-state index >= 15 is 0 Å². The maximum absolute atomic E-state index is 4.93. The average molecular weight is 160 g/mol.